The molecule has 0 aromatic heterocycles. The van der Waals surface area contributed by atoms with Gasteiger partial charge in [-0.3, -0.25) is 0 Å². The zero-order valence-corrected chi connectivity index (χ0v) is 10.0. The second-order valence-electron chi connectivity index (χ2n) is 4.52. The van der Waals surface area contributed by atoms with Gasteiger partial charge in [0.2, 0.25) is 0 Å². The van der Waals surface area contributed by atoms with E-state index in [1.165, 1.54) is 16.2 Å². The van der Waals surface area contributed by atoms with Crippen LogP contribution in [-0.2, 0) is 0 Å². The molecule has 18 heavy (non-hydrogen) atoms. The third-order valence-corrected chi connectivity index (χ3v) is 3.38. The highest BCUT2D eigenvalue weighted by atomic mass is 16.3. The van der Waals surface area contributed by atoms with E-state index in [9.17, 15) is 5.11 Å². The lowest BCUT2D eigenvalue weighted by Crippen LogP contribution is -2.11. The Morgan fingerprint density at radius 3 is 2.44 bits per heavy atom. The van der Waals surface area contributed by atoms with Gasteiger partial charge in [0.25, 0.3) is 0 Å². The molecule has 90 valence electrons. The summed E-state index contributed by atoms with van der Waals surface area (Å²) >= 11 is 0. The number of hydrogen-bond donors (Lipinski definition) is 2. The molecule has 2 nitrogen and oxygen atoms in total. The Hall–Kier alpha value is -1.90. The predicted octanol–water partition coefficient (Wildman–Crippen LogP) is 2.99. The van der Waals surface area contributed by atoms with Crippen LogP contribution in [0.1, 0.15) is 11.7 Å². The summed E-state index contributed by atoms with van der Waals surface area (Å²) in [5, 5.41) is 14.6. The maximum atomic E-state index is 9.78. The average Bonchev–Trinajstić information content (AvgIpc) is 2.45. The monoisotopic (exact) mass is 237 g/mol. The molecule has 0 aliphatic carbocycles. The normalized spacial score (nSPS) is 13.0. The molecule has 0 saturated carbocycles. The van der Waals surface area contributed by atoms with Crippen LogP contribution >= 0.6 is 0 Å². The van der Waals surface area contributed by atoms with Gasteiger partial charge in [-0.05, 0) is 33.2 Å². The molecule has 3 N–H and O–H groups in total. The van der Waals surface area contributed by atoms with E-state index in [-0.39, 0.29) is 6.54 Å². The van der Waals surface area contributed by atoms with E-state index < -0.39 is 6.10 Å². The lowest BCUT2D eigenvalue weighted by molar-refractivity contribution is 0.187. The van der Waals surface area contributed by atoms with E-state index in [1.807, 2.05) is 24.3 Å². The van der Waals surface area contributed by atoms with Crippen molar-refractivity contribution in [2.24, 2.45) is 5.73 Å². The quantitative estimate of drug-likeness (QED) is 0.673. The van der Waals surface area contributed by atoms with Crippen molar-refractivity contribution in [3.63, 3.8) is 0 Å². The van der Waals surface area contributed by atoms with E-state index in [4.69, 9.17) is 5.73 Å². The van der Waals surface area contributed by atoms with Crippen LogP contribution in [0.15, 0.2) is 54.6 Å². The summed E-state index contributed by atoms with van der Waals surface area (Å²) in [6.07, 6.45) is -0.583. The van der Waals surface area contributed by atoms with Gasteiger partial charge in [0.05, 0.1) is 6.10 Å². The zero-order valence-electron chi connectivity index (χ0n) is 10.0. The topological polar surface area (TPSA) is 46.2 Å². The summed E-state index contributed by atoms with van der Waals surface area (Å²) in [4.78, 5) is 0. The highest BCUT2D eigenvalue weighted by Crippen LogP contribution is 2.27. The van der Waals surface area contributed by atoms with Crippen LogP contribution in [0.3, 0.4) is 0 Å². The fourth-order valence-electron chi connectivity index (χ4n) is 2.37. The Kier molecular flexibility index (Phi) is 2.74. The Morgan fingerprint density at radius 1 is 0.889 bits per heavy atom. The van der Waals surface area contributed by atoms with Crippen LogP contribution < -0.4 is 5.73 Å². The van der Waals surface area contributed by atoms with Crippen molar-refractivity contribution in [3.8, 4) is 0 Å². The first-order valence-corrected chi connectivity index (χ1v) is 6.09. The molecule has 0 radical (unpaired) electrons. The van der Waals surface area contributed by atoms with Crippen LogP contribution in [0.5, 0.6) is 0 Å². The van der Waals surface area contributed by atoms with Gasteiger partial charge in [0, 0.05) is 6.54 Å². The molecule has 1 unspecified atom stereocenters. The van der Waals surface area contributed by atoms with Gasteiger partial charge in [0.15, 0.2) is 0 Å². The number of hydrogen-bond acceptors (Lipinski definition) is 2. The molecule has 0 heterocycles. The van der Waals surface area contributed by atoms with Gasteiger partial charge < -0.3 is 10.8 Å². The van der Waals surface area contributed by atoms with Gasteiger partial charge >= 0.3 is 0 Å². The average molecular weight is 237 g/mol. The van der Waals surface area contributed by atoms with Gasteiger partial charge in [-0.2, -0.15) is 0 Å². The molecule has 3 rings (SSSR count). The van der Waals surface area contributed by atoms with Crippen molar-refractivity contribution < 1.29 is 5.11 Å². The van der Waals surface area contributed by atoms with Gasteiger partial charge in [-0.1, -0.05) is 48.5 Å². The highest BCUT2D eigenvalue weighted by molar-refractivity contribution is 6.07. The predicted molar refractivity (Wildman–Crippen MR) is 75.5 cm³/mol. The first kappa shape index (κ1) is 11.2. The third kappa shape index (κ3) is 1.76. The van der Waals surface area contributed by atoms with Crippen LogP contribution in [0.2, 0.25) is 0 Å². The maximum Gasteiger partial charge on any atom is 0.0912 e. The number of benzene rings is 3. The van der Waals surface area contributed by atoms with Crippen LogP contribution in [-0.4, -0.2) is 11.7 Å². The Balaban J connectivity index is 2.28. The molecule has 0 aliphatic heterocycles. The summed E-state index contributed by atoms with van der Waals surface area (Å²) < 4.78 is 0. The van der Waals surface area contributed by atoms with Crippen molar-refractivity contribution in [1.82, 2.24) is 0 Å². The second kappa shape index (κ2) is 4.41. The standard InChI is InChI=1S/C16H15NO/c17-10-16(18)13-7-8-15-12(9-13)6-5-11-3-1-2-4-14(11)15/h1-9,16,18H,10,17H2. The van der Waals surface area contributed by atoms with Crippen molar-refractivity contribution in [1.29, 1.82) is 0 Å². The van der Waals surface area contributed by atoms with Crippen molar-refractivity contribution in [2.45, 2.75) is 6.10 Å². The van der Waals surface area contributed by atoms with Gasteiger partial charge in [0.1, 0.15) is 0 Å². The lowest BCUT2D eigenvalue weighted by atomic mass is 9.98. The van der Waals surface area contributed by atoms with E-state index in [1.54, 1.807) is 0 Å². The summed E-state index contributed by atoms with van der Waals surface area (Å²) in [5.74, 6) is 0. The molecule has 1 atom stereocenters. The van der Waals surface area contributed by atoms with Crippen molar-refractivity contribution in [3.05, 3.63) is 60.2 Å². The van der Waals surface area contributed by atoms with Gasteiger partial charge in [-0.25, -0.2) is 0 Å². The van der Waals surface area contributed by atoms with Gasteiger partial charge in [-0.15, -0.1) is 0 Å². The molecular weight excluding hydrogens is 222 g/mol. The molecular formula is C16H15NO. The molecule has 2 heteroatoms. The summed E-state index contributed by atoms with van der Waals surface area (Å²) in [6, 6.07) is 18.5. The largest absolute Gasteiger partial charge is 0.387 e. The third-order valence-electron chi connectivity index (χ3n) is 3.38. The van der Waals surface area contributed by atoms with Crippen LogP contribution in [0, 0.1) is 0 Å². The number of aliphatic hydroxyl groups is 1. The van der Waals surface area contributed by atoms with Crippen LogP contribution in [0.4, 0.5) is 0 Å². The SMILES string of the molecule is NCC(O)c1ccc2c(ccc3ccccc32)c1. The summed E-state index contributed by atoms with van der Waals surface area (Å²) in [6.45, 7) is 0.249. The highest BCUT2D eigenvalue weighted by Gasteiger charge is 2.06. The van der Waals surface area contributed by atoms with E-state index in [2.05, 4.69) is 30.3 Å². The summed E-state index contributed by atoms with van der Waals surface area (Å²) in [5.41, 5.74) is 6.36. The van der Waals surface area contributed by atoms with E-state index in [0.29, 0.717) is 0 Å². The number of fused-ring (bicyclic) bond motifs is 3. The zero-order chi connectivity index (χ0) is 12.5. The molecule has 0 aliphatic rings. The molecule has 3 aromatic carbocycles. The van der Waals surface area contributed by atoms with E-state index >= 15 is 0 Å². The summed E-state index contributed by atoms with van der Waals surface area (Å²) in [7, 11) is 0. The molecule has 0 spiro atoms. The van der Waals surface area contributed by atoms with Crippen LogP contribution in [0.25, 0.3) is 21.5 Å². The van der Waals surface area contributed by atoms with E-state index in [0.717, 1.165) is 10.9 Å². The minimum absolute atomic E-state index is 0.249. The van der Waals surface area contributed by atoms with Crippen molar-refractivity contribution in [2.75, 3.05) is 6.54 Å². The number of aliphatic hydroxyl groups excluding tert-OH is 1. The smallest absolute Gasteiger partial charge is 0.0912 e. The Bertz CT molecular complexity index is 706. The number of nitrogens with two attached hydrogens (primary N) is 1. The molecule has 0 bridgehead atoms. The minimum Gasteiger partial charge on any atom is -0.387 e. The molecule has 0 amide bonds. The molecule has 0 fully saturated rings. The Labute approximate surface area is 106 Å². The lowest BCUT2D eigenvalue weighted by Gasteiger charge is -2.10. The second-order valence-corrected chi connectivity index (χ2v) is 4.52. The fraction of sp³-hybridized carbons (Fsp3) is 0.125. The molecule has 0 saturated heterocycles. The Morgan fingerprint density at radius 2 is 1.61 bits per heavy atom. The fourth-order valence-corrected chi connectivity index (χ4v) is 2.37. The minimum atomic E-state index is -0.583. The number of rotatable bonds is 2. The first-order chi connectivity index (χ1) is 8.79. The first-order valence-electron chi connectivity index (χ1n) is 6.09. The van der Waals surface area contributed by atoms with Crippen molar-refractivity contribution >= 4 is 21.5 Å². The molecule has 3 aromatic rings. The maximum absolute atomic E-state index is 9.78.